The van der Waals surface area contributed by atoms with Crippen molar-refractivity contribution in [3.63, 3.8) is 0 Å². The number of nitrogens with one attached hydrogen (secondary N) is 2. The molecule has 1 aliphatic rings. The first-order valence-corrected chi connectivity index (χ1v) is 9.63. The number of anilines is 3. The standard InChI is InChI=1S/C20H26N6O2/c1-26-19-15(12-21-26)18(22-13-7-5-4-6-8-13)24-20(25-19)23-14-9-10-16(27-2)17(11-14)28-3/h9-13H,4-8H2,1-3H3,(H2,22,23,24,25). The van der Waals surface area contributed by atoms with Crippen LogP contribution in [0.25, 0.3) is 11.0 Å². The Morgan fingerprint density at radius 1 is 1.04 bits per heavy atom. The van der Waals surface area contributed by atoms with Gasteiger partial charge in [-0.1, -0.05) is 19.3 Å². The number of nitrogens with zero attached hydrogens (tertiary/aromatic N) is 4. The molecule has 1 aliphatic carbocycles. The van der Waals surface area contributed by atoms with Crippen molar-refractivity contribution in [1.29, 1.82) is 0 Å². The second-order valence-electron chi connectivity index (χ2n) is 7.08. The van der Waals surface area contributed by atoms with Crippen LogP contribution in [0.1, 0.15) is 32.1 Å². The maximum atomic E-state index is 5.38. The molecule has 0 radical (unpaired) electrons. The molecule has 0 spiro atoms. The van der Waals surface area contributed by atoms with Crippen LogP contribution in [-0.4, -0.2) is 40.0 Å². The van der Waals surface area contributed by atoms with Crippen molar-refractivity contribution >= 4 is 28.5 Å². The average molecular weight is 382 g/mol. The number of methoxy groups -OCH3 is 2. The van der Waals surface area contributed by atoms with E-state index < -0.39 is 0 Å². The molecule has 2 aromatic heterocycles. The Kier molecular flexibility index (Phi) is 5.18. The Morgan fingerprint density at radius 3 is 2.57 bits per heavy atom. The SMILES string of the molecule is COc1ccc(Nc2nc(NC3CCCCC3)c3cnn(C)c3n2)cc1OC. The fourth-order valence-electron chi connectivity index (χ4n) is 3.67. The van der Waals surface area contributed by atoms with Crippen molar-refractivity contribution in [2.24, 2.45) is 7.05 Å². The minimum Gasteiger partial charge on any atom is -0.493 e. The van der Waals surface area contributed by atoms with Crippen LogP contribution in [0, 0.1) is 0 Å². The fourth-order valence-corrected chi connectivity index (χ4v) is 3.67. The lowest BCUT2D eigenvalue weighted by atomic mass is 9.95. The summed E-state index contributed by atoms with van der Waals surface area (Å²) in [5.41, 5.74) is 1.61. The summed E-state index contributed by atoms with van der Waals surface area (Å²) in [5, 5.41) is 12.2. The van der Waals surface area contributed by atoms with E-state index in [1.807, 2.05) is 31.4 Å². The summed E-state index contributed by atoms with van der Waals surface area (Å²) in [7, 11) is 5.12. The first-order valence-electron chi connectivity index (χ1n) is 9.63. The minimum atomic E-state index is 0.445. The van der Waals surface area contributed by atoms with Gasteiger partial charge in [-0.15, -0.1) is 0 Å². The van der Waals surface area contributed by atoms with Gasteiger partial charge in [-0.05, 0) is 25.0 Å². The van der Waals surface area contributed by atoms with E-state index in [0.29, 0.717) is 23.5 Å². The second kappa shape index (κ2) is 7.92. The van der Waals surface area contributed by atoms with Gasteiger partial charge in [-0.3, -0.25) is 4.68 Å². The number of rotatable bonds is 6. The third-order valence-electron chi connectivity index (χ3n) is 5.18. The van der Waals surface area contributed by atoms with Gasteiger partial charge in [0.1, 0.15) is 5.82 Å². The lowest BCUT2D eigenvalue weighted by molar-refractivity contribution is 0.355. The zero-order valence-electron chi connectivity index (χ0n) is 16.5. The van der Waals surface area contributed by atoms with Crippen LogP contribution in [0.15, 0.2) is 24.4 Å². The molecule has 8 heteroatoms. The third-order valence-corrected chi connectivity index (χ3v) is 5.18. The van der Waals surface area contributed by atoms with Crippen LogP contribution in [0.3, 0.4) is 0 Å². The van der Waals surface area contributed by atoms with Crippen LogP contribution < -0.4 is 20.1 Å². The van der Waals surface area contributed by atoms with Crippen molar-refractivity contribution < 1.29 is 9.47 Å². The van der Waals surface area contributed by atoms with E-state index in [9.17, 15) is 0 Å². The molecule has 0 bridgehead atoms. The molecule has 148 valence electrons. The number of fused-ring (bicyclic) bond motifs is 1. The number of benzene rings is 1. The minimum absolute atomic E-state index is 0.445. The summed E-state index contributed by atoms with van der Waals surface area (Å²) in [4.78, 5) is 9.39. The maximum absolute atomic E-state index is 5.38. The van der Waals surface area contributed by atoms with E-state index in [-0.39, 0.29) is 0 Å². The quantitative estimate of drug-likeness (QED) is 0.669. The summed E-state index contributed by atoms with van der Waals surface area (Å²) in [6.45, 7) is 0. The highest BCUT2D eigenvalue weighted by Gasteiger charge is 2.18. The predicted molar refractivity (Wildman–Crippen MR) is 110 cm³/mol. The van der Waals surface area contributed by atoms with E-state index in [4.69, 9.17) is 14.5 Å². The van der Waals surface area contributed by atoms with Gasteiger partial charge in [0.05, 0.1) is 25.8 Å². The molecule has 2 N–H and O–H groups in total. The van der Waals surface area contributed by atoms with Gasteiger partial charge in [0.15, 0.2) is 17.1 Å². The summed E-state index contributed by atoms with van der Waals surface area (Å²) < 4.78 is 12.5. The van der Waals surface area contributed by atoms with E-state index >= 15 is 0 Å². The summed E-state index contributed by atoms with van der Waals surface area (Å²) in [6.07, 6.45) is 8.00. The Hall–Kier alpha value is -3.03. The number of hydrogen-bond donors (Lipinski definition) is 2. The Labute approximate surface area is 164 Å². The van der Waals surface area contributed by atoms with E-state index in [1.54, 1.807) is 18.9 Å². The molecular weight excluding hydrogens is 356 g/mol. The molecule has 4 rings (SSSR count). The molecule has 0 saturated heterocycles. The number of aromatic nitrogens is 4. The van der Waals surface area contributed by atoms with Gasteiger partial charge >= 0.3 is 0 Å². The number of hydrogen-bond acceptors (Lipinski definition) is 7. The fraction of sp³-hybridized carbons (Fsp3) is 0.450. The van der Waals surface area contributed by atoms with Crippen molar-refractivity contribution in [1.82, 2.24) is 19.7 Å². The molecule has 2 heterocycles. The van der Waals surface area contributed by atoms with E-state index in [0.717, 1.165) is 22.5 Å². The zero-order chi connectivity index (χ0) is 19.5. The summed E-state index contributed by atoms with van der Waals surface area (Å²) in [6, 6.07) is 6.07. The van der Waals surface area contributed by atoms with Gasteiger partial charge in [-0.25, -0.2) is 0 Å². The van der Waals surface area contributed by atoms with Crippen molar-refractivity contribution in [2.45, 2.75) is 38.1 Å². The van der Waals surface area contributed by atoms with E-state index in [2.05, 4.69) is 20.7 Å². The van der Waals surface area contributed by atoms with Crippen molar-refractivity contribution in [3.8, 4) is 11.5 Å². The molecule has 0 unspecified atom stereocenters. The Bertz CT molecular complexity index is 965. The van der Waals surface area contributed by atoms with Gasteiger partial charge in [0.2, 0.25) is 5.95 Å². The topological polar surface area (TPSA) is 86.1 Å². The predicted octanol–water partition coefficient (Wildman–Crippen LogP) is 3.87. The summed E-state index contributed by atoms with van der Waals surface area (Å²) in [5.74, 6) is 2.67. The van der Waals surface area contributed by atoms with E-state index in [1.165, 1.54) is 32.1 Å². The number of ether oxygens (including phenoxy) is 2. The molecule has 1 aromatic carbocycles. The number of aryl methyl sites for hydroxylation is 1. The smallest absolute Gasteiger partial charge is 0.231 e. The summed E-state index contributed by atoms with van der Waals surface area (Å²) >= 11 is 0. The molecular formula is C20H26N6O2. The first kappa shape index (κ1) is 18.3. The zero-order valence-corrected chi connectivity index (χ0v) is 16.5. The molecule has 3 aromatic rings. The highest BCUT2D eigenvalue weighted by atomic mass is 16.5. The maximum Gasteiger partial charge on any atom is 0.231 e. The van der Waals surface area contributed by atoms with Gasteiger partial charge in [-0.2, -0.15) is 15.1 Å². The highest BCUT2D eigenvalue weighted by molar-refractivity contribution is 5.88. The molecule has 0 aliphatic heterocycles. The van der Waals surface area contributed by atoms with Crippen LogP contribution >= 0.6 is 0 Å². The lowest BCUT2D eigenvalue weighted by Gasteiger charge is -2.23. The molecule has 0 amide bonds. The van der Waals surface area contributed by atoms with Gasteiger partial charge in [0.25, 0.3) is 0 Å². The third kappa shape index (κ3) is 3.67. The largest absolute Gasteiger partial charge is 0.493 e. The second-order valence-corrected chi connectivity index (χ2v) is 7.08. The Morgan fingerprint density at radius 2 is 1.82 bits per heavy atom. The Balaban J connectivity index is 1.66. The van der Waals surface area contributed by atoms with Gasteiger partial charge < -0.3 is 20.1 Å². The first-order chi connectivity index (χ1) is 13.7. The molecule has 1 saturated carbocycles. The van der Waals surface area contributed by atoms with Crippen LogP contribution in [0.4, 0.5) is 17.5 Å². The molecule has 8 nitrogen and oxygen atoms in total. The van der Waals surface area contributed by atoms with Crippen LogP contribution in [0.2, 0.25) is 0 Å². The monoisotopic (exact) mass is 382 g/mol. The van der Waals surface area contributed by atoms with Crippen LogP contribution in [-0.2, 0) is 7.05 Å². The normalized spacial score (nSPS) is 14.8. The van der Waals surface area contributed by atoms with Crippen LogP contribution in [0.5, 0.6) is 11.5 Å². The van der Waals surface area contributed by atoms with Gasteiger partial charge in [0, 0.05) is 24.8 Å². The highest BCUT2D eigenvalue weighted by Crippen LogP contribution is 2.32. The van der Waals surface area contributed by atoms with Crippen molar-refractivity contribution in [3.05, 3.63) is 24.4 Å². The average Bonchev–Trinajstić information content (AvgIpc) is 3.10. The van der Waals surface area contributed by atoms with Crippen molar-refractivity contribution in [2.75, 3.05) is 24.9 Å². The lowest BCUT2D eigenvalue weighted by Crippen LogP contribution is -2.23. The molecule has 0 atom stereocenters. The molecule has 1 fully saturated rings. The molecule has 28 heavy (non-hydrogen) atoms.